The molecule has 0 amide bonds. The van der Waals surface area contributed by atoms with Crippen LogP contribution in [0, 0.1) is 6.92 Å². The predicted octanol–water partition coefficient (Wildman–Crippen LogP) is 2.38. The minimum atomic E-state index is 0.0330. The Morgan fingerprint density at radius 1 is 1.44 bits per heavy atom. The molecule has 3 N–H and O–H groups in total. The van der Waals surface area contributed by atoms with Crippen LogP contribution in [-0.4, -0.2) is 20.8 Å². The van der Waals surface area contributed by atoms with Crippen molar-refractivity contribution in [3.8, 4) is 0 Å². The van der Waals surface area contributed by atoms with Crippen molar-refractivity contribution in [2.24, 2.45) is 10.9 Å². The van der Waals surface area contributed by atoms with Crippen LogP contribution in [0.1, 0.15) is 32.0 Å². The highest BCUT2D eigenvalue weighted by molar-refractivity contribution is 8.00. The van der Waals surface area contributed by atoms with Crippen molar-refractivity contribution in [1.29, 1.82) is 0 Å². The lowest BCUT2D eigenvalue weighted by Gasteiger charge is -2.18. The number of nitrogens with two attached hydrogens (primary N) is 1. The fourth-order valence-electron chi connectivity index (χ4n) is 1.15. The molecule has 0 unspecified atom stereocenters. The first kappa shape index (κ1) is 12.8. The van der Waals surface area contributed by atoms with Crippen molar-refractivity contribution >= 4 is 17.6 Å². The number of hydrogen-bond donors (Lipinski definition) is 2. The SMILES string of the molecule is Cc1ccc(C(N)=NO)c(SC(C)(C)C)n1. The molecule has 0 aliphatic rings. The van der Waals surface area contributed by atoms with Crippen LogP contribution in [0.25, 0.3) is 0 Å². The quantitative estimate of drug-likeness (QED) is 0.273. The molecule has 0 saturated heterocycles. The van der Waals surface area contributed by atoms with E-state index >= 15 is 0 Å². The van der Waals surface area contributed by atoms with Gasteiger partial charge in [-0.2, -0.15) is 0 Å². The van der Waals surface area contributed by atoms with E-state index in [0.29, 0.717) is 5.56 Å². The van der Waals surface area contributed by atoms with Gasteiger partial charge in [0.25, 0.3) is 0 Å². The Morgan fingerprint density at radius 3 is 2.56 bits per heavy atom. The van der Waals surface area contributed by atoms with Gasteiger partial charge in [-0.3, -0.25) is 0 Å². The zero-order valence-corrected chi connectivity index (χ0v) is 10.8. The third-order valence-corrected chi connectivity index (χ3v) is 2.90. The standard InChI is InChI=1S/C11H17N3OS/c1-7-5-6-8(9(12)14-15)10(13-7)16-11(2,3)4/h5-6,15H,1-4H3,(H2,12,14). The van der Waals surface area contributed by atoms with Crippen molar-refractivity contribution in [2.45, 2.75) is 37.5 Å². The van der Waals surface area contributed by atoms with E-state index in [9.17, 15) is 0 Å². The maximum atomic E-state index is 8.71. The zero-order valence-electron chi connectivity index (χ0n) is 9.98. The summed E-state index contributed by atoms with van der Waals surface area (Å²) in [4.78, 5) is 4.42. The molecule has 1 heterocycles. The van der Waals surface area contributed by atoms with E-state index in [-0.39, 0.29) is 10.6 Å². The molecule has 1 aromatic heterocycles. The highest BCUT2D eigenvalue weighted by atomic mass is 32.2. The van der Waals surface area contributed by atoms with Crippen molar-refractivity contribution < 1.29 is 5.21 Å². The molecule has 0 aromatic carbocycles. The number of nitrogens with zero attached hydrogens (tertiary/aromatic N) is 2. The van der Waals surface area contributed by atoms with Gasteiger partial charge < -0.3 is 10.9 Å². The average Bonchev–Trinajstić information content (AvgIpc) is 2.14. The smallest absolute Gasteiger partial charge is 0.172 e. The van der Waals surface area contributed by atoms with Crippen LogP contribution in [-0.2, 0) is 0 Å². The Hall–Kier alpha value is -1.23. The number of pyridine rings is 1. The van der Waals surface area contributed by atoms with Crippen LogP contribution in [0.3, 0.4) is 0 Å². The molecule has 5 heteroatoms. The molecule has 0 spiro atoms. The molecular weight excluding hydrogens is 222 g/mol. The van der Waals surface area contributed by atoms with E-state index in [2.05, 4.69) is 30.9 Å². The highest BCUT2D eigenvalue weighted by Gasteiger charge is 2.18. The van der Waals surface area contributed by atoms with E-state index < -0.39 is 0 Å². The maximum absolute atomic E-state index is 8.71. The largest absolute Gasteiger partial charge is 0.409 e. The minimum Gasteiger partial charge on any atom is -0.409 e. The first-order chi connectivity index (χ1) is 7.33. The van der Waals surface area contributed by atoms with Crippen LogP contribution in [0.5, 0.6) is 0 Å². The topological polar surface area (TPSA) is 71.5 Å². The summed E-state index contributed by atoms with van der Waals surface area (Å²) in [6, 6.07) is 3.67. The monoisotopic (exact) mass is 239 g/mol. The van der Waals surface area contributed by atoms with Gasteiger partial charge in [0.2, 0.25) is 0 Å². The van der Waals surface area contributed by atoms with E-state index in [0.717, 1.165) is 10.7 Å². The Labute approximate surface area is 99.9 Å². The lowest BCUT2D eigenvalue weighted by atomic mass is 10.2. The molecule has 0 bridgehead atoms. The lowest BCUT2D eigenvalue weighted by Crippen LogP contribution is -2.17. The second-order valence-electron chi connectivity index (χ2n) is 4.51. The van der Waals surface area contributed by atoms with E-state index in [1.54, 1.807) is 11.8 Å². The highest BCUT2D eigenvalue weighted by Crippen LogP contribution is 2.32. The normalized spacial score (nSPS) is 12.9. The van der Waals surface area contributed by atoms with E-state index in [1.165, 1.54) is 0 Å². The summed E-state index contributed by atoms with van der Waals surface area (Å²) >= 11 is 1.60. The van der Waals surface area contributed by atoms with Crippen LogP contribution in [0.2, 0.25) is 0 Å². The number of amidine groups is 1. The molecule has 1 aromatic rings. The molecule has 16 heavy (non-hydrogen) atoms. The molecule has 0 aliphatic heterocycles. The van der Waals surface area contributed by atoms with Gasteiger partial charge in [0.15, 0.2) is 5.84 Å². The molecule has 88 valence electrons. The zero-order chi connectivity index (χ0) is 12.3. The summed E-state index contributed by atoms with van der Waals surface area (Å²) in [6.45, 7) is 8.20. The molecule has 0 saturated carbocycles. The summed E-state index contributed by atoms with van der Waals surface area (Å²) in [7, 11) is 0. The molecule has 0 aliphatic carbocycles. The van der Waals surface area contributed by atoms with Crippen LogP contribution >= 0.6 is 11.8 Å². The Morgan fingerprint density at radius 2 is 2.06 bits per heavy atom. The summed E-state index contributed by atoms with van der Waals surface area (Å²) in [5, 5.41) is 12.5. The van der Waals surface area contributed by atoms with Gasteiger partial charge >= 0.3 is 0 Å². The fourth-order valence-corrected chi connectivity index (χ4v) is 2.20. The average molecular weight is 239 g/mol. The summed E-state index contributed by atoms with van der Waals surface area (Å²) in [5.74, 6) is 0.0965. The van der Waals surface area contributed by atoms with Crippen molar-refractivity contribution in [1.82, 2.24) is 4.98 Å². The van der Waals surface area contributed by atoms with Crippen LogP contribution in [0.15, 0.2) is 22.3 Å². The van der Waals surface area contributed by atoms with E-state index in [4.69, 9.17) is 10.9 Å². The summed E-state index contributed by atoms with van der Waals surface area (Å²) < 4.78 is 0.0330. The van der Waals surface area contributed by atoms with Crippen molar-refractivity contribution in [3.05, 3.63) is 23.4 Å². The van der Waals surface area contributed by atoms with Gasteiger partial charge in [0, 0.05) is 10.4 Å². The molecule has 0 fully saturated rings. The fraction of sp³-hybridized carbons (Fsp3) is 0.455. The number of thioether (sulfide) groups is 1. The van der Waals surface area contributed by atoms with Crippen molar-refractivity contribution in [2.75, 3.05) is 0 Å². The molecule has 0 radical (unpaired) electrons. The second-order valence-corrected chi connectivity index (χ2v) is 6.32. The van der Waals surface area contributed by atoms with Crippen molar-refractivity contribution in [3.63, 3.8) is 0 Å². The second kappa shape index (κ2) is 4.74. The maximum Gasteiger partial charge on any atom is 0.172 e. The molecule has 0 atom stereocenters. The van der Waals surface area contributed by atoms with Gasteiger partial charge in [-0.15, -0.1) is 0 Å². The van der Waals surface area contributed by atoms with Gasteiger partial charge in [-0.05, 0) is 19.1 Å². The Bertz CT molecular complexity index is 410. The number of aryl methyl sites for hydroxylation is 1. The van der Waals surface area contributed by atoms with Gasteiger partial charge in [0.1, 0.15) is 5.03 Å². The lowest BCUT2D eigenvalue weighted by molar-refractivity contribution is 0.318. The number of rotatable bonds is 2. The molecule has 4 nitrogen and oxygen atoms in total. The first-order valence-corrected chi connectivity index (χ1v) is 5.79. The van der Waals surface area contributed by atoms with E-state index in [1.807, 2.05) is 19.1 Å². The number of aromatic nitrogens is 1. The Balaban J connectivity index is 3.19. The third kappa shape index (κ3) is 3.41. The number of hydrogen-bond acceptors (Lipinski definition) is 4. The first-order valence-electron chi connectivity index (χ1n) is 4.98. The predicted molar refractivity (Wildman–Crippen MR) is 67.1 cm³/mol. The number of oxime groups is 1. The van der Waals surface area contributed by atoms with Crippen LogP contribution < -0.4 is 5.73 Å². The molecular formula is C11H17N3OS. The molecule has 1 rings (SSSR count). The summed E-state index contributed by atoms with van der Waals surface area (Å²) in [5.41, 5.74) is 7.20. The van der Waals surface area contributed by atoms with Crippen LogP contribution in [0.4, 0.5) is 0 Å². The van der Waals surface area contributed by atoms with Gasteiger partial charge in [0.05, 0.1) is 5.56 Å². The summed E-state index contributed by atoms with van der Waals surface area (Å²) in [6.07, 6.45) is 0. The third-order valence-electron chi connectivity index (χ3n) is 1.79. The van der Waals surface area contributed by atoms with Gasteiger partial charge in [-0.1, -0.05) is 37.7 Å². The van der Waals surface area contributed by atoms with Gasteiger partial charge in [-0.25, -0.2) is 4.98 Å². The Kier molecular flexibility index (Phi) is 3.80. The minimum absolute atomic E-state index is 0.0330.